The lowest BCUT2D eigenvalue weighted by atomic mass is 9.96. The molecule has 3 unspecified atom stereocenters. The van der Waals surface area contributed by atoms with Crippen LogP contribution in [0.2, 0.25) is 0 Å². The molecule has 3 N–H and O–H groups in total. The molecule has 5 atom stereocenters. The van der Waals surface area contributed by atoms with Crippen LogP contribution in [-0.2, 0) is 62.8 Å². The lowest BCUT2D eigenvalue weighted by Gasteiger charge is -2.26. The first-order valence-corrected chi connectivity index (χ1v) is 28.4. The summed E-state index contributed by atoms with van der Waals surface area (Å²) in [5, 5.41) is 24.7. The molecule has 3 amide bonds. The number of hydrogen-bond acceptors (Lipinski definition) is 14. The smallest absolute Gasteiger partial charge is 0.277 e. The molecule has 4 heterocycles. The Bertz CT molecular complexity index is 3060. The summed E-state index contributed by atoms with van der Waals surface area (Å²) in [4.78, 5) is 57.4. The Balaban J connectivity index is 0.909. The Morgan fingerprint density at radius 3 is 1.84 bits per heavy atom. The van der Waals surface area contributed by atoms with Crippen LogP contribution in [0.15, 0.2) is 91.0 Å². The van der Waals surface area contributed by atoms with E-state index in [4.69, 9.17) is 14.2 Å². The predicted octanol–water partition coefficient (Wildman–Crippen LogP) is 7.95. The number of methoxy groups -OCH3 is 1. The largest absolute Gasteiger partial charge is 0.493 e. The highest BCUT2D eigenvalue weighted by Gasteiger charge is 2.43. The van der Waals surface area contributed by atoms with Gasteiger partial charge in [-0.1, -0.05) is 64.9 Å². The maximum atomic E-state index is 14.2. The first-order chi connectivity index (χ1) is 35.2. The van der Waals surface area contributed by atoms with Crippen LogP contribution in [0.1, 0.15) is 92.3 Å². The van der Waals surface area contributed by atoms with Crippen molar-refractivity contribution in [1.29, 1.82) is 0 Å². The summed E-state index contributed by atoms with van der Waals surface area (Å²) >= 11 is 0. The molecule has 9 rings (SSSR count). The maximum Gasteiger partial charge on any atom is 0.277 e. The van der Waals surface area contributed by atoms with E-state index in [2.05, 4.69) is 9.50 Å². The lowest BCUT2D eigenvalue weighted by Crippen LogP contribution is -2.43. The van der Waals surface area contributed by atoms with Crippen LogP contribution in [0, 0.1) is 6.92 Å². The molecule has 0 aliphatic carbocycles. The number of ether oxygens (including phenoxy) is 3. The van der Waals surface area contributed by atoms with E-state index in [1.54, 1.807) is 28.9 Å². The number of aliphatic hydroxyl groups is 2. The number of amides is 3. The van der Waals surface area contributed by atoms with Gasteiger partial charge < -0.3 is 39.5 Å². The summed E-state index contributed by atoms with van der Waals surface area (Å²) in [6.07, 6.45) is 0.996. The van der Waals surface area contributed by atoms with Crippen LogP contribution in [0.4, 0.5) is 17.1 Å². The minimum absolute atomic E-state index is 0.0351. The van der Waals surface area contributed by atoms with Gasteiger partial charge in [-0.2, -0.15) is 8.42 Å². The van der Waals surface area contributed by atoms with Crippen molar-refractivity contribution >= 4 is 72.3 Å². The molecule has 0 saturated heterocycles. The van der Waals surface area contributed by atoms with Crippen molar-refractivity contribution in [3.63, 3.8) is 0 Å². The van der Waals surface area contributed by atoms with Crippen molar-refractivity contribution in [1.82, 2.24) is 0 Å². The number of aryl methyl sites for hydroxylation is 1. The molecule has 0 fully saturated rings. The van der Waals surface area contributed by atoms with Gasteiger partial charge in [-0.05, 0) is 126 Å². The number of ketones is 1. The summed E-state index contributed by atoms with van der Waals surface area (Å²) in [5.41, 5.74) is 8.59. The van der Waals surface area contributed by atoms with E-state index in [0.717, 1.165) is 35.2 Å². The standard InChI is InChI=1S/C55H59N3O12S3/c1-5-46(59)52(73(65,66)68-4)16-18-72-71-17-10-15-53(62)56-39-21-33(30-69-49-27-37-25-47(60)44-23-35-11-6-8-13-42(35)57(44)54(63)40(37)19-32(49)2)20-34(22-39)31-70-51-28-38-26-48(61)45-24-36-12-7-9-14-43(36)58(45)55(64)41(38)29-50(51)67-3/h6-9,11-14,19-22,27-29,44-45,47-48,52,60-61H,5,10,15-18,23-26,30-31H2,1-4H3,(H,56,62)/t44-,45-,47?,48?,52?/m0/s1. The maximum absolute atomic E-state index is 14.2. The van der Waals surface area contributed by atoms with E-state index in [9.17, 15) is 37.8 Å². The normalized spacial score (nSPS) is 19.1. The fourth-order valence-electron chi connectivity index (χ4n) is 10.4. The molecule has 0 saturated carbocycles. The fourth-order valence-corrected chi connectivity index (χ4v) is 13.8. The molecule has 4 aliphatic rings. The van der Waals surface area contributed by atoms with E-state index in [1.807, 2.05) is 85.8 Å². The van der Waals surface area contributed by atoms with Gasteiger partial charge in [0.25, 0.3) is 21.9 Å². The molecule has 0 bridgehead atoms. The van der Waals surface area contributed by atoms with Gasteiger partial charge in [0.05, 0.1) is 38.5 Å². The number of benzene rings is 5. The third-order valence-electron chi connectivity index (χ3n) is 14.1. The third-order valence-corrected chi connectivity index (χ3v) is 18.2. The van der Waals surface area contributed by atoms with Crippen molar-refractivity contribution in [2.75, 3.05) is 40.8 Å². The Hall–Kier alpha value is -5.89. The average molecular weight is 1050 g/mol. The number of aliphatic hydroxyl groups excluding tert-OH is 2. The second kappa shape index (κ2) is 22.3. The van der Waals surface area contributed by atoms with Gasteiger partial charge in [-0.3, -0.25) is 23.4 Å². The zero-order valence-electron chi connectivity index (χ0n) is 41.1. The van der Waals surface area contributed by atoms with Crippen molar-refractivity contribution in [3.05, 3.63) is 141 Å². The number of fused-ring (bicyclic) bond motifs is 8. The molecule has 4 aliphatic heterocycles. The number of carbonyl (C=O) groups excluding carboxylic acids is 4. The molecular formula is C55H59N3O12S3. The number of nitrogens with one attached hydrogen (secondary N) is 1. The quantitative estimate of drug-likeness (QED) is 0.0386. The van der Waals surface area contributed by atoms with Gasteiger partial charge in [0.1, 0.15) is 24.2 Å². The summed E-state index contributed by atoms with van der Waals surface area (Å²) in [6.45, 7) is 3.62. The fraction of sp³-hybridized carbons (Fsp3) is 0.382. The number of Topliss-reactive ketones (excluding diaryl/α,β-unsaturated/α-hetero) is 1. The van der Waals surface area contributed by atoms with Crippen LogP contribution in [0.3, 0.4) is 0 Å². The number of nitrogens with zero attached hydrogens (tertiary/aromatic N) is 2. The van der Waals surface area contributed by atoms with Gasteiger partial charge in [-0.15, -0.1) is 0 Å². The monoisotopic (exact) mass is 1050 g/mol. The van der Waals surface area contributed by atoms with Gasteiger partial charge in [0.2, 0.25) is 5.91 Å². The molecule has 0 spiro atoms. The molecule has 5 aromatic carbocycles. The Kier molecular flexibility index (Phi) is 15.9. The Morgan fingerprint density at radius 2 is 1.26 bits per heavy atom. The highest BCUT2D eigenvalue weighted by molar-refractivity contribution is 8.76. The van der Waals surface area contributed by atoms with Crippen LogP contribution in [0.25, 0.3) is 0 Å². The van der Waals surface area contributed by atoms with Crippen molar-refractivity contribution < 1.29 is 56.2 Å². The van der Waals surface area contributed by atoms with E-state index >= 15 is 0 Å². The summed E-state index contributed by atoms with van der Waals surface area (Å²) in [5.74, 6) is 1.32. The van der Waals surface area contributed by atoms with Crippen molar-refractivity contribution in [3.8, 4) is 17.2 Å². The molecule has 73 heavy (non-hydrogen) atoms. The molecule has 384 valence electrons. The highest BCUT2D eigenvalue weighted by Crippen LogP contribution is 2.42. The van der Waals surface area contributed by atoms with Gasteiger partial charge in [-0.25, -0.2) is 0 Å². The first-order valence-electron chi connectivity index (χ1n) is 24.5. The summed E-state index contributed by atoms with van der Waals surface area (Å²) < 4.78 is 47.9. The second-order valence-corrected chi connectivity index (χ2v) is 23.4. The number of carbonyl (C=O) groups is 4. The Morgan fingerprint density at radius 1 is 0.712 bits per heavy atom. The van der Waals surface area contributed by atoms with Crippen molar-refractivity contribution in [2.24, 2.45) is 0 Å². The van der Waals surface area contributed by atoms with Crippen LogP contribution in [-0.4, -0.2) is 97.4 Å². The average Bonchev–Trinajstić information content (AvgIpc) is 3.93. The van der Waals surface area contributed by atoms with Crippen LogP contribution in [0.5, 0.6) is 17.2 Å². The molecule has 0 radical (unpaired) electrons. The molecule has 15 nitrogen and oxygen atoms in total. The minimum atomic E-state index is -3.98. The van der Waals surface area contributed by atoms with Crippen LogP contribution >= 0.6 is 21.6 Å². The number of anilines is 3. The zero-order valence-corrected chi connectivity index (χ0v) is 43.6. The highest BCUT2D eigenvalue weighted by atomic mass is 33.1. The third kappa shape index (κ3) is 11.0. The van der Waals surface area contributed by atoms with Gasteiger partial charge in [0.15, 0.2) is 17.3 Å². The predicted molar refractivity (Wildman–Crippen MR) is 283 cm³/mol. The molecular weight excluding hydrogens is 991 g/mol. The van der Waals surface area contributed by atoms with E-state index in [-0.39, 0.29) is 74.9 Å². The number of para-hydroxylation sites is 2. The lowest BCUT2D eigenvalue weighted by molar-refractivity contribution is -0.118. The number of rotatable bonds is 20. The van der Waals surface area contributed by atoms with E-state index < -0.39 is 33.6 Å². The summed E-state index contributed by atoms with van der Waals surface area (Å²) in [7, 11) is 1.52. The SMILES string of the molecule is CCC(=O)C(CCSSCCCC(=O)Nc1cc(COc2cc3c(cc2C)C(=O)N2c4ccccc4C[C@H]2C(O)C3)cc(COc2cc3c(cc2OC)C(=O)N2c4ccccc4C[C@H]2C(O)C3)c1)S(=O)(=O)OC. The van der Waals surface area contributed by atoms with E-state index in [1.165, 1.54) is 28.7 Å². The molecule has 18 heteroatoms. The van der Waals surface area contributed by atoms with Gasteiger partial charge in [0, 0.05) is 65.4 Å². The molecule has 0 aromatic heterocycles. The molecule has 5 aromatic rings. The number of hydrogen-bond donors (Lipinski definition) is 3. The van der Waals surface area contributed by atoms with E-state index in [0.29, 0.717) is 87.1 Å². The minimum Gasteiger partial charge on any atom is -0.493 e. The Labute approximate surface area is 433 Å². The topological polar surface area (TPSA) is 198 Å². The summed E-state index contributed by atoms with van der Waals surface area (Å²) in [6, 6.07) is 27.3. The zero-order chi connectivity index (χ0) is 51.6. The van der Waals surface area contributed by atoms with Crippen LogP contribution < -0.4 is 29.3 Å². The first kappa shape index (κ1) is 52.0. The second-order valence-electron chi connectivity index (χ2n) is 18.8. The van der Waals surface area contributed by atoms with Gasteiger partial charge >= 0.3 is 0 Å². The van der Waals surface area contributed by atoms with Crippen molar-refractivity contribution in [2.45, 2.75) is 108 Å².